The van der Waals surface area contributed by atoms with Gasteiger partial charge < -0.3 is 20.1 Å². The van der Waals surface area contributed by atoms with E-state index in [1.807, 2.05) is 12.1 Å². The van der Waals surface area contributed by atoms with Gasteiger partial charge >= 0.3 is 18.0 Å². The first-order valence-corrected chi connectivity index (χ1v) is 8.38. The van der Waals surface area contributed by atoms with E-state index in [2.05, 4.69) is 5.32 Å². The maximum absolute atomic E-state index is 12.3. The van der Waals surface area contributed by atoms with Crippen molar-refractivity contribution in [3.05, 3.63) is 34.9 Å². The molecule has 1 aromatic carbocycles. The number of hydrogen-bond donors (Lipinski definition) is 2. The van der Waals surface area contributed by atoms with E-state index in [1.54, 1.807) is 17.0 Å². The molecule has 25 heavy (non-hydrogen) atoms. The number of benzene rings is 1. The maximum atomic E-state index is 12.3. The zero-order valence-corrected chi connectivity index (χ0v) is 14.7. The summed E-state index contributed by atoms with van der Waals surface area (Å²) in [5, 5.41) is 11.9. The Labute approximate surface area is 150 Å². The molecule has 8 heteroatoms. The molecule has 1 heterocycles. The topological polar surface area (TPSA) is 95.9 Å². The Hall–Kier alpha value is -2.28. The van der Waals surface area contributed by atoms with E-state index < -0.39 is 11.9 Å². The molecular formula is C17H21ClN2O5. The van der Waals surface area contributed by atoms with Gasteiger partial charge in [-0.1, -0.05) is 23.7 Å². The summed E-state index contributed by atoms with van der Waals surface area (Å²) >= 11 is 5.91. The van der Waals surface area contributed by atoms with E-state index in [0.717, 1.165) is 5.56 Å². The van der Waals surface area contributed by atoms with Crippen LogP contribution < -0.4 is 5.32 Å². The number of aliphatic carboxylic acids is 1. The minimum atomic E-state index is -0.899. The second-order valence-electron chi connectivity index (χ2n) is 5.92. The summed E-state index contributed by atoms with van der Waals surface area (Å²) in [4.78, 5) is 36.4. The van der Waals surface area contributed by atoms with E-state index in [4.69, 9.17) is 21.4 Å². The molecule has 0 saturated carbocycles. The van der Waals surface area contributed by atoms with Crippen LogP contribution in [0.5, 0.6) is 0 Å². The molecule has 0 aliphatic carbocycles. The Morgan fingerprint density at radius 1 is 1.28 bits per heavy atom. The molecule has 2 rings (SSSR count). The molecule has 1 aliphatic heterocycles. The highest BCUT2D eigenvalue weighted by molar-refractivity contribution is 6.30. The molecule has 0 radical (unpaired) electrons. The highest BCUT2D eigenvalue weighted by Crippen LogP contribution is 2.34. The molecular weight excluding hydrogens is 348 g/mol. The lowest BCUT2D eigenvalue weighted by molar-refractivity contribution is -0.145. The summed E-state index contributed by atoms with van der Waals surface area (Å²) in [5.41, 5.74) is 0.918. The summed E-state index contributed by atoms with van der Waals surface area (Å²) in [6.07, 6.45) is 0.356. The van der Waals surface area contributed by atoms with Crippen LogP contribution in [0.15, 0.2) is 24.3 Å². The van der Waals surface area contributed by atoms with E-state index in [-0.39, 0.29) is 37.4 Å². The third-order valence-corrected chi connectivity index (χ3v) is 4.50. The van der Waals surface area contributed by atoms with Crippen molar-refractivity contribution >= 4 is 29.6 Å². The van der Waals surface area contributed by atoms with Gasteiger partial charge in [0.2, 0.25) is 0 Å². The number of carbonyl (C=O) groups excluding carboxylic acids is 2. The summed E-state index contributed by atoms with van der Waals surface area (Å²) in [7, 11) is 1.33. The van der Waals surface area contributed by atoms with Crippen LogP contribution in [0.25, 0.3) is 0 Å². The van der Waals surface area contributed by atoms with Crippen molar-refractivity contribution in [3.63, 3.8) is 0 Å². The Balaban J connectivity index is 2.02. The molecule has 7 nitrogen and oxygen atoms in total. The van der Waals surface area contributed by atoms with Crippen molar-refractivity contribution in [3.8, 4) is 0 Å². The van der Waals surface area contributed by atoms with Crippen LogP contribution in [0.1, 0.15) is 24.3 Å². The number of urea groups is 1. The van der Waals surface area contributed by atoms with E-state index in [1.165, 1.54) is 7.11 Å². The fraction of sp³-hybridized carbons (Fsp3) is 0.471. The van der Waals surface area contributed by atoms with Crippen LogP contribution >= 0.6 is 11.6 Å². The summed E-state index contributed by atoms with van der Waals surface area (Å²) in [5.74, 6) is -1.88. The fourth-order valence-corrected chi connectivity index (χ4v) is 3.08. The highest BCUT2D eigenvalue weighted by atomic mass is 35.5. The average Bonchev–Trinajstić information content (AvgIpc) is 3.03. The van der Waals surface area contributed by atoms with Crippen molar-refractivity contribution in [2.45, 2.75) is 18.8 Å². The number of amides is 2. The third-order valence-electron chi connectivity index (χ3n) is 4.25. The number of carboxylic acids is 1. The molecule has 136 valence electrons. The third kappa shape index (κ3) is 5.09. The number of nitrogens with zero attached hydrogens (tertiary/aromatic N) is 1. The van der Waals surface area contributed by atoms with Gasteiger partial charge in [-0.05, 0) is 24.1 Å². The van der Waals surface area contributed by atoms with Crippen LogP contribution in [0.3, 0.4) is 0 Å². The van der Waals surface area contributed by atoms with Crippen molar-refractivity contribution < 1.29 is 24.2 Å². The number of halogens is 1. The number of carbonyl (C=O) groups is 3. The summed E-state index contributed by atoms with van der Waals surface area (Å²) in [6.45, 7) is 0.910. The number of ether oxygens (including phenoxy) is 1. The van der Waals surface area contributed by atoms with E-state index in [0.29, 0.717) is 18.0 Å². The van der Waals surface area contributed by atoms with Gasteiger partial charge in [-0.15, -0.1) is 0 Å². The number of carboxylic acid groups (broad SMARTS) is 1. The Morgan fingerprint density at radius 3 is 2.56 bits per heavy atom. The van der Waals surface area contributed by atoms with Crippen LogP contribution in [0.4, 0.5) is 4.79 Å². The zero-order chi connectivity index (χ0) is 18.4. The number of methoxy groups -OCH3 is 1. The van der Waals surface area contributed by atoms with Gasteiger partial charge in [0.25, 0.3) is 0 Å². The van der Waals surface area contributed by atoms with Gasteiger partial charge in [-0.25, -0.2) is 4.79 Å². The molecule has 0 aromatic heterocycles. The van der Waals surface area contributed by atoms with Gasteiger partial charge in [-0.3, -0.25) is 9.59 Å². The van der Waals surface area contributed by atoms with Crippen molar-refractivity contribution in [1.29, 1.82) is 0 Å². The maximum Gasteiger partial charge on any atom is 0.317 e. The largest absolute Gasteiger partial charge is 0.481 e. The number of esters is 1. The second-order valence-corrected chi connectivity index (χ2v) is 6.36. The van der Waals surface area contributed by atoms with Crippen molar-refractivity contribution in [2.24, 2.45) is 5.92 Å². The number of nitrogens with one attached hydrogen (secondary N) is 1. The fourth-order valence-electron chi connectivity index (χ4n) is 2.95. The Kier molecular flexibility index (Phi) is 6.64. The van der Waals surface area contributed by atoms with Crippen molar-refractivity contribution in [1.82, 2.24) is 10.2 Å². The van der Waals surface area contributed by atoms with E-state index in [9.17, 15) is 14.4 Å². The molecule has 1 aliphatic rings. The van der Waals surface area contributed by atoms with Gasteiger partial charge in [0.1, 0.15) is 0 Å². The molecule has 2 N–H and O–H groups in total. The number of hydrogen-bond acceptors (Lipinski definition) is 4. The molecule has 0 unspecified atom stereocenters. The first-order chi connectivity index (χ1) is 11.9. The smallest absolute Gasteiger partial charge is 0.317 e. The monoisotopic (exact) mass is 368 g/mol. The second kappa shape index (κ2) is 8.71. The standard InChI is InChI=1S/C17H21ClN2O5/c1-25-16(23)14-10-20(17(24)19-8-2-3-15(21)22)9-13(14)11-4-6-12(18)7-5-11/h4-7,13-14H,2-3,8-10H2,1H3,(H,19,24)(H,21,22)/t13-,14+/m0/s1. The lowest BCUT2D eigenvalue weighted by atomic mass is 9.89. The number of rotatable bonds is 6. The van der Waals surface area contributed by atoms with Crippen molar-refractivity contribution in [2.75, 3.05) is 26.7 Å². The minimum Gasteiger partial charge on any atom is -0.481 e. The van der Waals surface area contributed by atoms with Crippen LogP contribution in [-0.2, 0) is 14.3 Å². The normalized spacial score (nSPS) is 19.5. The zero-order valence-electron chi connectivity index (χ0n) is 13.9. The Bertz CT molecular complexity index is 634. The molecule has 1 aromatic rings. The quantitative estimate of drug-likeness (QED) is 0.592. The molecule has 2 atom stereocenters. The van der Waals surface area contributed by atoms with Gasteiger partial charge in [0.15, 0.2) is 0 Å². The summed E-state index contributed by atoms with van der Waals surface area (Å²) < 4.78 is 4.87. The Morgan fingerprint density at radius 2 is 1.96 bits per heavy atom. The lowest BCUT2D eigenvalue weighted by Gasteiger charge is -2.17. The van der Waals surface area contributed by atoms with Crippen LogP contribution in [0.2, 0.25) is 5.02 Å². The van der Waals surface area contributed by atoms with Crippen LogP contribution in [-0.4, -0.2) is 54.7 Å². The molecule has 0 bridgehead atoms. The molecule has 0 spiro atoms. The average molecular weight is 369 g/mol. The van der Waals surface area contributed by atoms with Crippen LogP contribution in [0, 0.1) is 5.92 Å². The summed E-state index contributed by atoms with van der Waals surface area (Å²) in [6, 6.07) is 6.88. The molecule has 1 fully saturated rings. The first kappa shape index (κ1) is 19.1. The SMILES string of the molecule is COC(=O)[C@@H]1CN(C(=O)NCCCC(=O)O)C[C@H]1c1ccc(Cl)cc1. The lowest BCUT2D eigenvalue weighted by Crippen LogP contribution is -2.39. The van der Waals surface area contributed by atoms with Gasteiger partial charge in [0, 0.05) is 37.0 Å². The molecule has 2 amide bonds. The highest BCUT2D eigenvalue weighted by Gasteiger charge is 2.41. The van der Waals surface area contributed by atoms with Gasteiger partial charge in [0.05, 0.1) is 13.0 Å². The number of likely N-dealkylation sites (tertiary alicyclic amines) is 1. The predicted molar refractivity (Wildman–Crippen MR) is 91.5 cm³/mol. The van der Waals surface area contributed by atoms with E-state index >= 15 is 0 Å². The van der Waals surface area contributed by atoms with Gasteiger partial charge in [-0.2, -0.15) is 0 Å². The predicted octanol–water partition coefficient (Wildman–Crippen LogP) is 2.10. The minimum absolute atomic E-state index is 0.00152. The first-order valence-electron chi connectivity index (χ1n) is 8.00. The molecule has 1 saturated heterocycles.